The molecule has 2 aromatic carbocycles. The molecule has 24 heavy (non-hydrogen) atoms. The molecule has 0 aliphatic heterocycles. The van der Waals surface area contributed by atoms with E-state index in [4.69, 9.17) is 26.7 Å². The van der Waals surface area contributed by atoms with Crippen molar-refractivity contribution in [2.45, 2.75) is 0 Å². The third-order valence-corrected chi connectivity index (χ3v) is 3.37. The first-order chi connectivity index (χ1) is 11.5. The summed E-state index contributed by atoms with van der Waals surface area (Å²) in [7, 11) is 1.46. The Labute approximate surface area is 137 Å². The molecule has 3 aromatic rings. The number of carbonyl (C=O) groups excluding carboxylic acids is 1. The van der Waals surface area contributed by atoms with Crippen molar-refractivity contribution in [3.8, 4) is 11.5 Å². The minimum atomic E-state index is -0.573. The zero-order valence-electron chi connectivity index (χ0n) is 12.8. The van der Waals surface area contributed by atoms with E-state index in [9.17, 15) is 4.79 Å². The van der Waals surface area contributed by atoms with Crippen molar-refractivity contribution in [3.63, 3.8) is 0 Å². The van der Waals surface area contributed by atoms with Crippen molar-refractivity contribution in [1.29, 1.82) is 0 Å². The summed E-state index contributed by atoms with van der Waals surface area (Å²) < 4.78 is 10.5. The second-order valence-corrected chi connectivity index (χ2v) is 5.00. The lowest BCUT2D eigenvalue weighted by Gasteiger charge is -2.10. The van der Waals surface area contributed by atoms with Crippen LogP contribution >= 0.6 is 0 Å². The number of fused-ring (bicyclic) bond motifs is 1. The van der Waals surface area contributed by atoms with Gasteiger partial charge in [0.1, 0.15) is 5.82 Å². The monoisotopic (exact) mass is 325 g/mol. The van der Waals surface area contributed by atoms with Gasteiger partial charge in [-0.2, -0.15) is 4.98 Å². The number of aromatic nitrogens is 2. The number of hydrogen-bond acceptors (Lipinski definition) is 8. The number of rotatable bonds is 3. The number of carbonyl (C=O) groups is 1. The zero-order valence-corrected chi connectivity index (χ0v) is 12.8. The summed E-state index contributed by atoms with van der Waals surface area (Å²) in [4.78, 5) is 20.3. The van der Waals surface area contributed by atoms with Crippen LogP contribution in [-0.4, -0.2) is 23.0 Å². The molecular weight excluding hydrogens is 310 g/mol. The SMILES string of the molecule is COc1cc(N)ccc1OC(=O)c1ccc2nc(N)nc(N)c2c1. The van der Waals surface area contributed by atoms with Gasteiger partial charge in [0.2, 0.25) is 5.95 Å². The molecule has 0 aliphatic carbocycles. The van der Waals surface area contributed by atoms with Crippen LogP contribution in [0.15, 0.2) is 36.4 Å². The standard InChI is InChI=1S/C16H15N5O3/c1-23-13-7-9(17)3-5-12(13)24-15(22)8-2-4-11-10(6-8)14(18)21-16(19)20-11/h2-7H,17H2,1H3,(H4,18,19,20,21). The smallest absolute Gasteiger partial charge is 0.343 e. The van der Waals surface area contributed by atoms with Gasteiger partial charge in [-0.3, -0.25) is 0 Å². The summed E-state index contributed by atoms with van der Waals surface area (Å²) in [5, 5.41) is 0.517. The minimum absolute atomic E-state index is 0.0712. The summed E-state index contributed by atoms with van der Waals surface area (Å²) in [6.45, 7) is 0. The molecule has 3 rings (SSSR count). The van der Waals surface area contributed by atoms with E-state index in [1.807, 2.05) is 0 Å². The number of anilines is 3. The van der Waals surface area contributed by atoms with Gasteiger partial charge >= 0.3 is 5.97 Å². The summed E-state index contributed by atoms with van der Waals surface area (Å²) >= 11 is 0. The molecule has 0 aliphatic rings. The third-order valence-electron chi connectivity index (χ3n) is 3.37. The quantitative estimate of drug-likeness (QED) is 0.375. The van der Waals surface area contributed by atoms with Gasteiger partial charge in [0.25, 0.3) is 0 Å². The van der Waals surface area contributed by atoms with E-state index in [0.29, 0.717) is 27.9 Å². The Morgan fingerprint density at radius 1 is 1.00 bits per heavy atom. The fraction of sp³-hybridized carbons (Fsp3) is 0.0625. The van der Waals surface area contributed by atoms with Crippen LogP contribution in [-0.2, 0) is 0 Å². The second kappa shape index (κ2) is 5.92. The van der Waals surface area contributed by atoms with Crippen molar-refractivity contribution in [2.24, 2.45) is 0 Å². The average Bonchev–Trinajstić information content (AvgIpc) is 2.56. The second-order valence-electron chi connectivity index (χ2n) is 5.00. The Balaban J connectivity index is 1.94. The first-order valence-electron chi connectivity index (χ1n) is 6.96. The number of nitrogen functional groups attached to an aromatic ring is 3. The van der Waals surface area contributed by atoms with Crippen LogP contribution in [0.2, 0.25) is 0 Å². The highest BCUT2D eigenvalue weighted by Crippen LogP contribution is 2.30. The number of nitrogens with zero attached hydrogens (tertiary/aromatic N) is 2. The topological polar surface area (TPSA) is 139 Å². The number of methoxy groups -OCH3 is 1. The van der Waals surface area contributed by atoms with Crippen LogP contribution in [0.3, 0.4) is 0 Å². The molecule has 122 valence electrons. The lowest BCUT2D eigenvalue weighted by atomic mass is 10.1. The van der Waals surface area contributed by atoms with Crippen LogP contribution in [0.1, 0.15) is 10.4 Å². The first-order valence-corrected chi connectivity index (χ1v) is 6.96. The molecule has 0 saturated carbocycles. The molecule has 0 amide bonds. The average molecular weight is 325 g/mol. The first kappa shape index (κ1) is 15.3. The van der Waals surface area contributed by atoms with Gasteiger partial charge in [-0.05, 0) is 30.3 Å². The normalized spacial score (nSPS) is 10.5. The lowest BCUT2D eigenvalue weighted by Crippen LogP contribution is -2.10. The molecule has 0 unspecified atom stereocenters. The Hall–Kier alpha value is -3.55. The van der Waals surface area contributed by atoms with Gasteiger partial charge in [0.05, 0.1) is 18.2 Å². The Kier molecular flexibility index (Phi) is 3.78. The van der Waals surface area contributed by atoms with Crippen molar-refractivity contribution in [1.82, 2.24) is 9.97 Å². The number of esters is 1. The Bertz CT molecular complexity index is 942. The maximum atomic E-state index is 12.4. The zero-order chi connectivity index (χ0) is 17.3. The Morgan fingerprint density at radius 3 is 2.54 bits per heavy atom. The summed E-state index contributed by atoms with van der Waals surface area (Å²) in [6, 6.07) is 9.49. The maximum absolute atomic E-state index is 12.4. The van der Waals surface area contributed by atoms with E-state index >= 15 is 0 Å². The predicted octanol–water partition coefficient (Wildman–Crippen LogP) is 1.60. The van der Waals surface area contributed by atoms with Crippen molar-refractivity contribution < 1.29 is 14.3 Å². The largest absolute Gasteiger partial charge is 0.493 e. The van der Waals surface area contributed by atoms with Gasteiger partial charge in [0.15, 0.2) is 11.5 Å². The van der Waals surface area contributed by atoms with E-state index in [2.05, 4.69) is 9.97 Å². The molecule has 0 fully saturated rings. The molecule has 8 nitrogen and oxygen atoms in total. The molecule has 0 radical (unpaired) electrons. The van der Waals surface area contributed by atoms with E-state index < -0.39 is 5.97 Å². The van der Waals surface area contributed by atoms with E-state index in [1.54, 1.807) is 36.4 Å². The highest BCUT2D eigenvalue weighted by atomic mass is 16.6. The Morgan fingerprint density at radius 2 is 1.79 bits per heavy atom. The molecule has 0 saturated heterocycles. The van der Waals surface area contributed by atoms with Crippen LogP contribution in [0, 0.1) is 0 Å². The van der Waals surface area contributed by atoms with Crippen LogP contribution in [0.4, 0.5) is 17.5 Å². The minimum Gasteiger partial charge on any atom is -0.493 e. The fourth-order valence-electron chi connectivity index (χ4n) is 2.23. The molecule has 0 bridgehead atoms. The highest BCUT2D eigenvalue weighted by molar-refractivity contribution is 5.98. The van der Waals surface area contributed by atoms with Crippen molar-refractivity contribution in [2.75, 3.05) is 24.3 Å². The maximum Gasteiger partial charge on any atom is 0.343 e. The molecule has 6 N–H and O–H groups in total. The fourth-order valence-corrected chi connectivity index (χ4v) is 2.23. The summed E-state index contributed by atoms with van der Waals surface area (Å²) in [5.41, 5.74) is 18.4. The number of nitrogens with two attached hydrogens (primary N) is 3. The molecular formula is C16H15N5O3. The number of hydrogen-bond donors (Lipinski definition) is 3. The number of ether oxygens (including phenoxy) is 2. The van der Waals surface area contributed by atoms with E-state index in [-0.39, 0.29) is 17.5 Å². The molecule has 1 aromatic heterocycles. The summed E-state index contributed by atoms with van der Waals surface area (Å²) in [5.74, 6) is 0.313. The van der Waals surface area contributed by atoms with Gasteiger partial charge < -0.3 is 26.7 Å². The van der Waals surface area contributed by atoms with E-state index in [0.717, 1.165) is 0 Å². The van der Waals surface area contributed by atoms with Crippen molar-refractivity contribution >= 4 is 34.3 Å². The molecule has 0 atom stereocenters. The molecule has 8 heteroatoms. The lowest BCUT2D eigenvalue weighted by molar-refractivity contribution is 0.0730. The van der Waals surface area contributed by atoms with Gasteiger partial charge in [-0.1, -0.05) is 0 Å². The molecule has 0 spiro atoms. The summed E-state index contributed by atoms with van der Waals surface area (Å²) in [6.07, 6.45) is 0. The van der Waals surface area contributed by atoms with Gasteiger partial charge in [-0.25, -0.2) is 9.78 Å². The van der Waals surface area contributed by atoms with E-state index in [1.165, 1.54) is 7.11 Å². The van der Waals surface area contributed by atoms with Gasteiger partial charge in [0, 0.05) is 17.1 Å². The molecule has 1 heterocycles. The van der Waals surface area contributed by atoms with Crippen LogP contribution < -0.4 is 26.7 Å². The van der Waals surface area contributed by atoms with Crippen LogP contribution in [0.25, 0.3) is 10.9 Å². The number of benzene rings is 2. The van der Waals surface area contributed by atoms with Crippen molar-refractivity contribution in [3.05, 3.63) is 42.0 Å². The van der Waals surface area contributed by atoms with Crippen LogP contribution in [0.5, 0.6) is 11.5 Å². The van der Waals surface area contributed by atoms with Gasteiger partial charge in [-0.15, -0.1) is 0 Å². The predicted molar refractivity (Wildman–Crippen MR) is 90.7 cm³/mol. The highest BCUT2D eigenvalue weighted by Gasteiger charge is 2.14. The third kappa shape index (κ3) is 2.84.